The smallest absolute Gasteiger partial charge is 0.113 e. The van der Waals surface area contributed by atoms with Gasteiger partial charge in [-0.15, -0.1) is 0 Å². The van der Waals surface area contributed by atoms with Crippen molar-refractivity contribution in [3.05, 3.63) is 28.8 Å². The van der Waals surface area contributed by atoms with Crippen LogP contribution in [0.25, 0.3) is 0 Å². The summed E-state index contributed by atoms with van der Waals surface area (Å²) in [4.78, 5) is 0.321. The molecule has 1 rings (SSSR count). The Hall–Kier alpha value is -0.550. The molecule has 0 aliphatic rings. The highest BCUT2D eigenvalue weighted by Crippen LogP contribution is 2.51. The average Bonchev–Trinajstić information content (AvgIpc) is 2.25. The van der Waals surface area contributed by atoms with Crippen LogP contribution in [-0.2, 0) is 0 Å². The lowest BCUT2D eigenvalue weighted by Gasteiger charge is -2.29. The van der Waals surface area contributed by atoms with Crippen molar-refractivity contribution in [3.63, 3.8) is 0 Å². The van der Waals surface area contributed by atoms with Crippen LogP contribution < -0.4 is 0 Å². The fraction of sp³-hybridized carbons (Fsp3) is 0.600. The molecule has 3 N–H and O–H groups in total. The van der Waals surface area contributed by atoms with E-state index in [1.165, 1.54) is 5.56 Å². The topological polar surface area (TPSA) is 60.7 Å². The van der Waals surface area contributed by atoms with Crippen LogP contribution in [-0.4, -0.2) is 13.7 Å². The van der Waals surface area contributed by atoms with E-state index in [9.17, 15) is 13.7 Å². The van der Waals surface area contributed by atoms with Crippen molar-refractivity contribution in [3.8, 4) is 0 Å². The third kappa shape index (κ3) is 3.72. The van der Waals surface area contributed by atoms with Gasteiger partial charge in [0.15, 0.2) is 0 Å². The molecule has 1 aromatic carbocycles. The molecule has 0 unspecified atom stereocenters. The van der Waals surface area contributed by atoms with Crippen LogP contribution in [0.15, 0.2) is 17.0 Å². The van der Waals surface area contributed by atoms with Crippen LogP contribution in [0.2, 0.25) is 0 Å². The Bertz CT molecular complexity index is 416. The van der Waals surface area contributed by atoms with Crippen molar-refractivity contribution in [1.29, 1.82) is 0 Å². The molecule has 0 atom stereocenters. The number of rotatable bonds is 4. The molecule has 0 spiro atoms. The van der Waals surface area contributed by atoms with E-state index in [2.05, 4.69) is 13.8 Å². The van der Waals surface area contributed by atoms with Crippen molar-refractivity contribution < 1.29 is 13.7 Å². The van der Waals surface area contributed by atoms with Gasteiger partial charge >= 0.3 is 0 Å². The number of hydrogen-bond donors (Lipinski definition) is 3. The van der Waals surface area contributed by atoms with Crippen molar-refractivity contribution >= 4 is 10.9 Å². The van der Waals surface area contributed by atoms with Gasteiger partial charge in [0.05, 0.1) is 4.90 Å². The van der Waals surface area contributed by atoms with E-state index >= 15 is 0 Å². The van der Waals surface area contributed by atoms with Gasteiger partial charge < -0.3 is 13.7 Å². The van der Waals surface area contributed by atoms with Gasteiger partial charge in [0.2, 0.25) is 0 Å². The maximum absolute atomic E-state index is 9.77. The predicted octanol–water partition coefficient (Wildman–Crippen LogP) is 5.64. The summed E-state index contributed by atoms with van der Waals surface area (Å²) in [5.74, 6) is 0.624. The lowest BCUT2D eigenvalue weighted by Crippen LogP contribution is -2.09. The molecule has 0 aliphatic heterocycles. The van der Waals surface area contributed by atoms with Crippen LogP contribution in [0.4, 0.5) is 0 Å². The van der Waals surface area contributed by atoms with Crippen LogP contribution in [0.1, 0.15) is 76.0 Å². The van der Waals surface area contributed by atoms with Crippen LogP contribution >= 0.6 is 10.9 Å². The third-order valence-electron chi connectivity index (χ3n) is 3.35. The molecule has 0 aromatic heterocycles. The molecule has 0 amide bonds. The van der Waals surface area contributed by atoms with E-state index in [-0.39, 0.29) is 11.8 Å². The minimum absolute atomic E-state index is 0.129. The molecular weight excluding hydrogens is 260 g/mol. The van der Waals surface area contributed by atoms with Gasteiger partial charge in [-0.1, -0.05) is 53.7 Å². The standard InChI is InChI=1S/C15H26O3S/c1-9(2)12-7-13(10(3)4)15(19(16,17)18)14(8-12)11(5)6/h7-11,16-18H,1-6H3. The largest absolute Gasteiger partial charge is 0.304 e. The Morgan fingerprint density at radius 1 is 0.737 bits per heavy atom. The summed E-state index contributed by atoms with van der Waals surface area (Å²) in [6.45, 7) is 12.2. The molecular formula is C15H26O3S. The third-order valence-corrected chi connectivity index (χ3v) is 4.37. The number of benzene rings is 1. The first-order valence-corrected chi connectivity index (χ1v) is 8.24. The number of hydrogen-bond acceptors (Lipinski definition) is 3. The Kier molecular flexibility index (Phi) is 5.07. The summed E-state index contributed by atoms with van der Waals surface area (Å²) in [5.41, 5.74) is 2.83. The first-order valence-electron chi connectivity index (χ1n) is 6.74. The van der Waals surface area contributed by atoms with Crippen molar-refractivity contribution in [2.24, 2.45) is 0 Å². The van der Waals surface area contributed by atoms with E-state index < -0.39 is 10.9 Å². The highest BCUT2D eigenvalue weighted by molar-refractivity contribution is 8.19. The van der Waals surface area contributed by atoms with Gasteiger partial charge in [-0.2, -0.15) is 0 Å². The summed E-state index contributed by atoms with van der Waals surface area (Å²) in [5, 5.41) is 0. The average molecular weight is 286 g/mol. The second-order valence-electron chi connectivity index (χ2n) is 6.01. The fourth-order valence-electron chi connectivity index (χ4n) is 2.21. The molecule has 19 heavy (non-hydrogen) atoms. The van der Waals surface area contributed by atoms with E-state index in [0.29, 0.717) is 10.8 Å². The van der Waals surface area contributed by atoms with E-state index in [4.69, 9.17) is 0 Å². The normalized spacial score (nSPS) is 13.7. The van der Waals surface area contributed by atoms with Crippen LogP contribution in [0, 0.1) is 0 Å². The zero-order valence-corrected chi connectivity index (χ0v) is 13.5. The monoisotopic (exact) mass is 286 g/mol. The van der Waals surface area contributed by atoms with Crippen molar-refractivity contribution in [1.82, 2.24) is 0 Å². The molecule has 110 valence electrons. The highest BCUT2D eigenvalue weighted by atomic mass is 32.3. The zero-order chi connectivity index (χ0) is 15.0. The molecule has 1 aromatic rings. The molecule has 0 bridgehead atoms. The molecule has 0 radical (unpaired) electrons. The van der Waals surface area contributed by atoms with Crippen LogP contribution in [0.5, 0.6) is 0 Å². The quantitative estimate of drug-likeness (QED) is 0.671. The SMILES string of the molecule is CC(C)c1cc(C(C)C)c(S(O)(O)O)c(C(C)C)c1. The first-order chi connectivity index (χ1) is 8.55. The molecule has 0 aliphatic carbocycles. The molecule has 3 nitrogen and oxygen atoms in total. The van der Waals surface area contributed by atoms with Gasteiger partial charge in [0.25, 0.3) is 0 Å². The maximum atomic E-state index is 9.77. The maximum Gasteiger partial charge on any atom is 0.113 e. The van der Waals surface area contributed by atoms with E-state index in [1.54, 1.807) is 0 Å². The van der Waals surface area contributed by atoms with Gasteiger partial charge in [-0.3, -0.25) is 0 Å². The molecule has 0 saturated heterocycles. The predicted molar refractivity (Wildman–Crippen MR) is 82.5 cm³/mol. The van der Waals surface area contributed by atoms with Gasteiger partial charge in [-0.25, -0.2) is 0 Å². The lowest BCUT2D eigenvalue weighted by molar-refractivity contribution is 0.373. The Morgan fingerprint density at radius 3 is 1.32 bits per heavy atom. The fourth-order valence-corrected chi connectivity index (χ4v) is 3.43. The molecule has 0 fully saturated rings. The summed E-state index contributed by atoms with van der Waals surface area (Å²) in [6, 6.07) is 3.97. The summed E-state index contributed by atoms with van der Waals surface area (Å²) >= 11 is 0. The van der Waals surface area contributed by atoms with E-state index in [1.807, 2.05) is 39.8 Å². The second kappa shape index (κ2) is 5.83. The molecule has 0 heterocycles. The lowest BCUT2D eigenvalue weighted by atomic mass is 9.89. The first kappa shape index (κ1) is 16.5. The summed E-state index contributed by atoms with van der Waals surface area (Å²) in [6.07, 6.45) is 0. The minimum atomic E-state index is -3.70. The molecule has 0 saturated carbocycles. The Morgan fingerprint density at radius 2 is 1.11 bits per heavy atom. The van der Waals surface area contributed by atoms with Gasteiger partial charge in [-0.05, 0) is 34.4 Å². The van der Waals surface area contributed by atoms with Crippen molar-refractivity contribution in [2.45, 2.75) is 64.2 Å². The Labute approximate surface area is 118 Å². The summed E-state index contributed by atoms with van der Waals surface area (Å²) < 4.78 is 29.3. The summed E-state index contributed by atoms with van der Waals surface area (Å²) in [7, 11) is -3.70. The van der Waals surface area contributed by atoms with Crippen molar-refractivity contribution in [2.75, 3.05) is 0 Å². The second-order valence-corrected chi connectivity index (χ2v) is 7.46. The van der Waals surface area contributed by atoms with Gasteiger partial charge in [0.1, 0.15) is 10.9 Å². The Balaban J connectivity index is 3.66. The molecule has 4 heteroatoms. The zero-order valence-electron chi connectivity index (χ0n) is 12.6. The van der Waals surface area contributed by atoms with Crippen LogP contribution in [0.3, 0.4) is 0 Å². The minimum Gasteiger partial charge on any atom is -0.304 e. The highest BCUT2D eigenvalue weighted by Gasteiger charge is 2.27. The van der Waals surface area contributed by atoms with Gasteiger partial charge in [0, 0.05) is 0 Å². The van der Waals surface area contributed by atoms with E-state index in [0.717, 1.165) is 11.1 Å².